The summed E-state index contributed by atoms with van der Waals surface area (Å²) in [7, 11) is -3.76. The Bertz CT molecular complexity index is 1140. The number of halogens is 1. The van der Waals surface area contributed by atoms with Crippen LogP contribution in [0.15, 0.2) is 11.1 Å². The molecule has 0 saturated heterocycles. The van der Waals surface area contributed by atoms with Crippen molar-refractivity contribution in [2.24, 2.45) is 0 Å². The van der Waals surface area contributed by atoms with Crippen LogP contribution in [0.1, 0.15) is 29.2 Å². The minimum atomic E-state index is -3.76. The number of benzene rings is 1. The minimum absolute atomic E-state index is 0.0649. The van der Waals surface area contributed by atoms with Gasteiger partial charge in [0.2, 0.25) is 5.88 Å². The van der Waals surface area contributed by atoms with E-state index in [1.165, 1.54) is 10.9 Å². The number of aliphatic hydroxyl groups is 1. The zero-order chi connectivity index (χ0) is 20.6. The number of hydrogen-bond donors (Lipinski definition) is 4. The highest BCUT2D eigenvalue weighted by Crippen LogP contribution is 2.43. The van der Waals surface area contributed by atoms with Crippen LogP contribution in [0, 0.1) is 10.6 Å². The molecule has 1 aliphatic heterocycles. The van der Waals surface area contributed by atoms with Gasteiger partial charge in [0, 0.05) is 5.69 Å². The first-order valence-corrected chi connectivity index (χ1v) is 10.9. The molecule has 0 radical (unpaired) electrons. The molecule has 0 bridgehead atoms. The summed E-state index contributed by atoms with van der Waals surface area (Å²) in [6, 6.07) is -0.803. The van der Waals surface area contributed by atoms with Crippen LogP contribution in [-0.4, -0.2) is 37.3 Å². The van der Waals surface area contributed by atoms with Crippen LogP contribution < -0.4 is 14.8 Å². The molecule has 0 saturated carbocycles. The van der Waals surface area contributed by atoms with E-state index in [0.717, 1.165) is 11.1 Å². The second kappa shape index (κ2) is 5.92. The molecule has 0 fully saturated rings. The van der Waals surface area contributed by atoms with Crippen molar-refractivity contribution >= 4 is 21.6 Å². The summed E-state index contributed by atoms with van der Waals surface area (Å²) in [6.45, 7) is 1.64. The number of nitrogens with one attached hydrogen (secondary N) is 3. The van der Waals surface area contributed by atoms with E-state index in [-0.39, 0.29) is 29.7 Å². The van der Waals surface area contributed by atoms with E-state index in [1.807, 2.05) is 0 Å². The molecule has 1 unspecified atom stereocenters. The molecule has 9 nitrogen and oxygen atoms in total. The van der Waals surface area contributed by atoms with Gasteiger partial charge in [0.05, 0.1) is 19.3 Å². The standard InChI is InChI=1S/C18H20FN5O4S/c1-18(8-25)7-24-16(28-18)13(6-21-24)29(20,27)23-17(26)22-15-11-4-2-9(11)14(19)10-3-5-12(10)15/h6,25H,2-5,7-8H2,1H3,(H3,20,22,23,26,27)/t18-,29?/m0/s1. The largest absolute Gasteiger partial charge is 0.466 e. The van der Waals surface area contributed by atoms with E-state index in [4.69, 9.17) is 9.52 Å². The maximum Gasteiger partial charge on any atom is 0.331 e. The molecule has 11 heteroatoms. The predicted molar refractivity (Wildman–Crippen MR) is 101 cm³/mol. The first-order chi connectivity index (χ1) is 13.7. The fourth-order valence-electron chi connectivity index (χ4n) is 4.06. The van der Waals surface area contributed by atoms with E-state index < -0.39 is 21.5 Å². The van der Waals surface area contributed by atoms with Crippen LogP contribution in [0.3, 0.4) is 0 Å². The van der Waals surface area contributed by atoms with Gasteiger partial charge in [-0.2, -0.15) is 5.10 Å². The number of aromatic nitrogens is 2. The highest BCUT2D eigenvalue weighted by atomic mass is 32.2. The molecule has 154 valence electrons. The number of nitrogens with zero attached hydrogens (tertiary/aromatic N) is 2. The second-order valence-electron chi connectivity index (χ2n) is 7.90. The maximum atomic E-state index is 14.3. The van der Waals surface area contributed by atoms with Crippen LogP contribution in [0.4, 0.5) is 14.9 Å². The summed E-state index contributed by atoms with van der Waals surface area (Å²) >= 11 is 0. The Labute approximate surface area is 166 Å². The van der Waals surface area contributed by atoms with Gasteiger partial charge in [-0.25, -0.2) is 27.6 Å². The third kappa shape index (κ3) is 2.64. The number of aliphatic hydroxyl groups excluding tert-OH is 1. The topological polar surface area (TPSA) is 129 Å². The monoisotopic (exact) mass is 421 g/mol. The molecular weight excluding hydrogens is 401 g/mol. The summed E-state index contributed by atoms with van der Waals surface area (Å²) < 4.78 is 44.7. The quantitative estimate of drug-likeness (QED) is 0.595. The Morgan fingerprint density at radius 2 is 1.97 bits per heavy atom. The molecule has 3 aliphatic rings. The smallest absolute Gasteiger partial charge is 0.331 e. The Kier molecular flexibility index (Phi) is 3.75. The van der Waals surface area contributed by atoms with E-state index in [9.17, 15) is 18.5 Å². The van der Waals surface area contributed by atoms with E-state index in [2.05, 4.69) is 15.1 Å². The number of anilines is 1. The van der Waals surface area contributed by atoms with Crippen molar-refractivity contribution in [2.75, 3.05) is 11.9 Å². The Morgan fingerprint density at radius 1 is 1.34 bits per heavy atom. The van der Waals surface area contributed by atoms with Gasteiger partial charge >= 0.3 is 6.03 Å². The van der Waals surface area contributed by atoms with Gasteiger partial charge in [0.15, 0.2) is 15.5 Å². The molecule has 5 rings (SSSR count). The van der Waals surface area contributed by atoms with Gasteiger partial charge < -0.3 is 15.2 Å². The highest BCUT2D eigenvalue weighted by molar-refractivity contribution is 7.91. The maximum absolute atomic E-state index is 14.3. The molecule has 2 atom stereocenters. The SMILES string of the molecule is C[C@@]1(CO)Cn2ncc(S(=N)(=O)NC(=O)Nc3c4c(c(F)c5c3CC5)CC4)c2O1. The lowest BCUT2D eigenvalue weighted by molar-refractivity contribution is 0.0399. The average Bonchev–Trinajstić information content (AvgIpc) is 3.07. The van der Waals surface area contributed by atoms with Crippen LogP contribution in [-0.2, 0) is 42.1 Å². The van der Waals surface area contributed by atoms with Gasteiger partial charge in [-0.15, -0.1) is 0 Å². The number of carbonyl (C=O) groups is 1. The van der Waals surface area contributed by atoms with Crippen molar-refractivity contribution in [1.29, 1.82) is 4.78 Å². The molecule has 0 spiro atoms. The van der Waals surface area contributed by atoms with E-state index in [0.29, 0.717) is 42.5 Å². The highest BCUT2D eigenvalue weighted by Gasteiger charge is 2.39. The van der Waals surface area contributed by atoms with Crippen molar-refractivity contribution in [2.45, 2.75) is 49.6 Å². The summed E-state index contributed by atoms with van der Waals surface area (Å²) in [6.07, 6.45) is 3.86. The van der Waals surface area contributed by atoms with Gasteiger partial charge in [0.25, 0.3) is 0 Å². The molecule has 2 aliphatic carbocycles. The Balaban J connectivity index is 1.38. The molecule has 2 heterocycles. The Morgan fingerprint density at radius 3 is 2.52 bits per heavy atom. The summed E-state index contributed by atoms with van der Waals surface area (Å²) in [5, 5.41) is 16.2. The number of rotatable bonds is 4. The third-order valence-electron chi connectivity index (χ3n) is 5.82. The van der Waals surface area contributed by atoms with Gasteiger partial charge in [-0.3, -0.25) is 0 Å². The first-order valence-electron chi connectivity index (χ1n) is 9.30. The molecule has 2 amide bonds. The lowest BCUT2D eigenvalue weighted by atomic mass is 9.76. The van der Waals surface area contributed by atoms with Crippen molar-refractivity contribution in [3.63, 3.8) is 0 Å². The number of hydrogen-bond acceptors (Lipinski definition) is 6. The fourth-order valence-corrected chi connectivity index (χ4v) is 5.07. The zero-order valence-electron chi connectivity index (χ0n) is 15.7. The Hall–Kier alpha value is -2.66. The normalized spacial score (nSPS) is 22.9. The summed E-state index contributed by atoms with van der Waals surface area (Å²) in [5.41, 5.74) is 2.48. The molecule has 2 aromatic rings. The van der Waals surface area contributed by atoms with E-state index in [1.54, 1.807) is 6.92 Å². The summed E-state index contributed by atoms with van der Waals surface area (Å²) in [4.78, 5) is 12.5. The van der Waals surface area contributed by atoms with Gasteiger partial charge in [0.1, 0.15) is 10.7 Å². The molecule has 4 N–H and O–H groups in total. The van der Waals surface area contributed by atoms with Crippen LogP contribution in [0.2, 0.25) is 0 Å². The van der Waals surface area contributed by atoms with Crippen LogP contribution in [0.5, 0.6) is 5.88 Å². The number of urea groups is 1. The van der Waals surface area contributed by atoms with Crippen LogP contribution in [0.25, 0.3) is 0 Å². The average molecular weight is 421 g/mol. The second-order valence-corrected chi connectivity index (χ2v) is 9.65. The van der Waals surface area contributed by atoms with Crippen molar-refractivity contribution < 1.29 is 23.2 Å². The third-order valence-corrected chi connectivity index (χ3v) is 7.19. The van der Waals surface area contributed by atoms with Crippen LogP contribution >= 0.6 is 0 Å². The van der Waals surface area contributed by atoms with Gasteiger partial charge in [-0.1, -0.05) is 0 Å². The van der Waals surface area contributed by atoms with Crippen molar-refractivity contribution in [3.05, 3.63) is 34.3 Å². The molecule has 1 aromatic carbocycles. The predicted octanol–water partition coefficient (Wildman–Crippen LogP) is 1.51. The molecule has 29 heavy (non-hydrogen) atoms. The summed E-state index contributed by atoms with van der Waals surface area (Å²) in [5.74, 6) is -0.0703. The van der Waals surface area contributed by atoms with Gasteiger partial charge in [-0.05, 0) is 54.9 Å². The number of amides is 2. The lowest BCUT2D eigenvalue weighted by Crippen LogP contribution is -2.37. The molecular formula is C18H20FN5O4S. The van der Waals surface area contributed by atoms with E-state index >= 15 is 0 Å². The van der Waals surface area contributed by atoms with Crippen molar-refractivity contribution in [1.82, 2.24) is 14.5 Å². The first kappa shape index (κ1) is 18.4. The number of ether oxygens (including phenoxy) is 1. The number of carbonyl (C=O) groups excluding carboxylic acids is 1. The number of fused-ring (bicyclic) bond motifs is 3. The molecule has 1 aromatic heterocycles. The zero-order valence-corrected chi connectivity index (χ0v) is 16.5. The lowest BCUT2D eigenvalue weighted by Gasteiger charge is -2.33. The van der Waals surface area contributed by atoms with Crippen molar-refractivity contribution in [3.8, 4) is 5.88 Å². The minimum Gasteiger partial charge on any atom is -0.466 e. The fraction of sp³-hybridized carbons (Fsp3) is 0.444.